The van der Waals surface area contributed by atoms with Gasteiger partial charge in [0.25, 0.3) is 0 Å². The van der Waals surface area contributed by atoms with E-state index in [1.165, 1.54) is 6.07 Å². The molecule has 0 bridgehead atoms. The van der Waals surface area contributed by atoms with E-state index in [2.05, 4.69) is 4.98 Å². The van der Waals surface area contributed by atoms with Gasteiger partial charge in [-0.2, -0.15) is 0 Å². The fourth-order valence-electron chi connectivity index (χ4n) is 2.21. The standard InChI is InChI=1S/C15H13FN2OS/c1-2-19-11-8-6-10(7-9-11)18-13-5-3-4-12(16)14(13)17-15(18)20/h3-9H,2H2,1H3,(H,17,20). The first kappa shape index (κ1) is 12.9. The van der Waals surface area contributed by atoms with Gasteiger partial charge in [-0.1, -0.05) is 6.07 Å². The number of benzene rings is 2. The SMILES string of the molecule is CCOc1ccc(-n2c(=S)[nH]c3c(F)cccc32)cc1. The fraction of sp³-hybridized carbons (Fsp3) is 0.133. The molecule has 0 saturated carbocycles. The minimum absolute atomic E-state index is 0.307. The van der Waals surface area contributed by atoms with Crippen LogP contribution in [0.3, 0.4) is 0 Å². The van der Waals surface area contributed by atoms with Gasteiger partial charge in [0.05, 0.1) is 12.1 Å². The van der Waals surface area contributed by atoms with Crippen molar-refractivity contribution in [2.24, 2.45) is 0 Å². The van der Waals surface area contributed by atoms with Crippen molar-refractivity contribution in [3.8, 4) is 11.4 Å². The van der Waals surface area contributed by atoms with Gasteiger partial charge in [-0.3, -0.25) is 4.57 Å². The van der Waals surface area contributed by atoms with E-state index in [0.29, 0.717) is 16.9 Å². The van der Waals surface area contributed by atoms with E-state index in [9.17, 15) is 4.39 Å². The number of halogens is 1. The summed E-state index contributed by atoms with van der Waals surface area (Å²) < 4.78 is 21.4. The summed E-state index contributed by atoms with van der Waals surface area (Å²) in [6, 6.07) is 12.5. The number of para-hydroxylation sites is 1. The molecule has 0 aliphatic rings. The van der Waals surface area contributed by atoms with Crippen molar-refractivity contribution in [1.29, 1.82) is 0 Å². The lowest BCUT2D eigenvalue weighted by molar-refractivity contribution is 0.340. The summed E-state index contributed by atoms with van der Waals surface area (Å²) in [5, 5.41) is 0. The predicted molar refractivity (Wildman–Crippen MR) is 79.6 cm³/mol. The minimum atomic E-state index is -0.307. The molecular weight excluding hydrogens is 275 g/mol. The quantitative estimate of drug-likeness (QED) is 0.731. The predicted octanol–water partition coefficient (Wildman–Crippen LogP) is 4.23. The van der Waals surface area contributed by atoms with E-state index in [-0.39, 0.29) is 5.82 Å². The number of H-pyrrole nitrogens is 1. The van der Waals surface area contributed by atoms with E-state index < -0.39 is 0 Å². The first-order valence-electron chi connectivity index (χ1n) is 6.33. The third kappa shape index (κ3) is 2.10. The maximum atomic E-state index is 13.7. The van der Waals surface area contributed by atoms with Crippen LogP contribution in [0.15, 0.2) is 42.5 Å². The van der Waals surface area contributed by atoms with E-state index in [0.717, 1.165) is 17.0 Å². The first-order chi connectivity index (χ1) is 9.70. The van der Waals surface area contributed by atoms with Gasteiger partial charge < -0.3 is 9.72 Å². The van der Waals surface area contributed by atoms with Crippen LogP contribution >= 0.6 is 12.2 Å². The van der Waals surface area contributed by atoms with Crippen molar-refractivity contribution in [2.75, 3.05) is 6.61 Å². The molecule has 3 rings (SSSR count). The number of ether oxygens (including phenoxy) is 1. The van der Waals surface area contributed by atoms with Crippen LogP contribution in [-0.4, -0.2) is 16.2 Å². The Balaban J connectivity index is 2.16. The number of imidazole rings is 1. The van der Waals surface area contributed by atoms with Crippen LogP contribution in [0, 0.1) is 10.6 Å². The van der Waals surface area contributed by atoms with Crippen molar-refractivity contribution in [1.82, 2.24) is 9.55 Å². The minimum Gasteiger partial charge on any atom is -0.494 e. The molecule has 0 atom stereocenters. The molecule has 0 amide bonds. The van der Waals surface area contributed by atoms with E-state index in [1.807, 2.05) is 41.8 Å². The van der Waals surface area contributed by atoms with Crippen LogP contribution in [0.25, 0.3) is 16.7 Å². The molecule has 102 valence electrons. The normalized spacial score (nSPS) is 10.9. The molecule has 0 spiro atoms. The lowest BCUT2D eigenvalue weighted by Crippen LogP contribution is -1.95. The Morgan fingerprint density at radius 2 is 1.95 bits per heavy atom. The molecule has 1 N–H and O–H groups in total. The summed E-state index contributed by atoms with van der Waals surface area (Å²) in [5.74, 6) is 0.493. The van der Waals surface area contributed by atoms with Gasteiger partial charge in [0.15, 0.2) is 4.77 Å². The van der Waals surface area contributed by atoms with E-state index in [1.54, 1.807) is 6.07 Å². The maximum absolute atomic E-state index is 13.7. The zero-order valence-electron chi connectivity index (χ0n) is 10.9. The Labute approximate surface area is 120 Å². The topological polar surface area (TPSA) is 29.9 Å². The first-order valence-corrected chi connectivity index (χ1v) is 6.74. The molecule has 3 nitrogen and oxygen atoms in total. The summed E-state index contributed by atoms with van der Waals surface area (Å²) in [6.07, 6.45) is 0. The van der Waals surface area contributed by atoms with Crippen LogP contribution in [0.1, 0.15) is 6.92 Å². The van der Waals surface area contributed by atoms with Gasteiger partial charge in [0.2, 0.25) is 0 Å². The fourth-order valence-corrected chi connectivity index (χ4v) is 2.52. The highest BCUT2D eigenvalue weighted by atomic mass is 32.1. The highest BCUT2D eigenvalue weighted by Gasteiger charge is 2.09. The van der Waals surface area contributed by atoms with Crippen LogP contribution in [0.4, 0.5) is 4.39 Å². The lowest BCUT2D eigenvalue weighted by atomic mass is 10.2. The van der Waals surface area contributed by atoms with Crippen molar-refractivity contribution in [2.45, 2.75) is 6.92 Å². The largest absolute Gasteiger partial charge is 0.494 e. The Bertz CT molecular complexity index is 805. The third-order valence-corrected chi connectivity index (χ3v) is 3.36. The van der Waals surface area contributed by atoms with Gasteiger partial charge in [-0.15, -0.1) is 0 Å². The number of hydrogen-bond acceptors (Lipinski definition) is 2. The molecular formula is C15H13FN2OS. The molecule has 0 radical (unpaired) electrons. The maximum Gasteiger partial charge on any atom is 0.182 e. The number of nitrogens with zero attached hydrogens (tertiary/aromatic N) is 1. The zero-order chi connectivity index (χ0) is 14.1. The molecule has 5 heteroatoms. The van der Waals surface area contributed by atoms with E-state index >= 15 is 0 Å². The summed E-state index contributed by atoms with van der Waals surface area (Å²) in [7, 11) is 0. The summed E-state index contributed by atoms with van der Waals surface area (Å²) in [5.41, 5.74) is 2.01. The second-order valence-corrected chi connectivity index (χ2v) is 4.71. The average Bonchev–Trinajstić information content (AvgIpc) is 2.78. The number of fused-ring (bicyclic) bond motifs is 1. The summed E-state index contributed by atoms with van der Waals surface area (Å²) in [4.78, 5) is 2.91. The van der Waals surface area contributed by atoms with E-state index in [4.69, 9.17) is 17.0 Å². The second-order valence-electron chi connectivity index (χ2n) is 4.33. The van der Waals surface area contributed by atoms with Crippen LogP contribution < -0.4 is 4.74 Å². The Morgan fingerprint density at radius 1 is 1.20 bits per heavy atom. The molecule has 0 fully saturated rings. The Kier molecular flexibility index (Phi) is 3.28. The van der Waals surface area contributed by atoms with Crippen LogP contribution in [0.5, 0.6) is 5.75 Å². The molecule has 20 heavy (non-hydrogen) atoms. The molecule has 3 aromatic rings. The van der Waals surface area contributed by atoms with Crippen molar-refractivity contribution in [3.63, 3.8) is 0 Å². The number of nitrogens with one attached hydrogen (secondary N) is 1. The second kappa shape index (κ2) is 5.09. The highest BCUT2D eigenvalue weighted by molar-refractivity contribution is 7.71. The molecule has 0 unspecified atom stereocenters. The molecule has 0 aliphatic heterocycles. The molecule has 0 aliphatic carbocycles. The van der Waals surface area contributed by atoms with Crippen molar-refractivity contribution < 1.29 is 9.13 Å². The van der Waals surface area contributed by atoms with Gasteiger partial charge >= 0.3 is 0 Å². The molecule has 2 aromatic carbocycles. The molecule has 1 heterocycles. The molecule has 1 aromatic heterocycles. The number of aromatic amines is 1. The summed E-state index contributed by atoms with van der Waals surface area (Å²) >= 11 is 5.29. The van der Waals surface area contributed by atoms with Crippen LogP contribution in [-0.2, 0) is 0 Å². The average molecular weight is 288 g/mol. The lowest BCUT2D eigenvalue weighted by Gasteiger charge is -2.07. The third-order valence-electron chi connectivity index (χ3n) is 3.07. The monoisotopic (exact) mass is 288 g/mol. The van der Waals surface area contributed by atoms with Crippen molar-refractivity contribution in [3.05, 3.63) is 53.1 Å². The summed E-state index contributed by atoms with van der Waals surface area (Å²) in [6.45, 7) is 2.56. The number of hydrogen-bond donors (Lipinski definition) is 1. The highest BCUT2D eigenvalue weighted by Crippen LogP contribution is 2.23. The number of rotatable bonds is 3. The van der Waals surface area contributed by atoms with Gasteiger partial charge in [-0.05, 0) is 55.5 Å². The Hall–Kier alpha value is -2.14. The zero-order valence-corrected chi connectivity index (χ0v) is 11.7. The van der Waals surface area contributed by atoms with Gasteiger partial charge in [-0.25, -0.2) is 4.39 Å². The van der Waals surface area contributed by atoms with Gasteiger partial charge in [0.1, 0.15) is 17.1 Å². The van der Waals surface area contributed by atoms with Gasteiger partial charge in [0, 0.05) is 5.69 Å². The van der Waals surface area contributed by atoms with Crippen molar-refractivity contribution >= 4 is 23.3 Å². The smallest absolute Gasteiger partial charge is 0.182 e. The Morgan fingerprint density at radius 3 is 2.65 bits per heavy atom. The molecule has 0 saturated heterocycles. The van der Waals surface area contributed by atoms with Crippen LogP contribution in [0.2, 0.25) is 0 Å². The number of aromatic nitrogens is 2.